The van der Waals surface area contributed by atoms with E-state index in [-0.39, 0.29) is 25.9 Å². The van der Waals surface area contributed by atoms with Crippen LogP contribution in [-0.2, 0) is 20.1 Å². The van der Waals surface area contributed by atoms with Crippen LogP contribution >= 0.6 is 0 Å². The Labute approximate surface area is 185 Å². The van der Waals surface area contributed by atoms with Crippen LogP contribution in [0.2, 0.25) is 0 Å². The molecule has 4 nitrogen and oxygen atoms in total. The molecule has 2 aromatic heterocycles. The third-order valence-corrected chi connectivity index (χ3v) is 4.70. The van der Waals surface area contributed by atoms with Crippen molar-refractivity contribution in [3.8, 4) is 0 Å². The molecule has 0 saturated carbocycles. The SMILES string of the molecule is CCN(CC)CC(=O)c1ccccc1.[Ir].c1cnc2c(c1)ccc1cccnc12. The number of likely N-dealkylation sites (N-methyl/N-ethyl adjacent to an activating group) is 1. The number of carbonyl (C=O) groups excluding carboxylic acids is 1. The number of Topliss-reactive ketones (excluding diaryl/α,β-unsaturated/α-hetero) is 1. The fourth-order valence-corrected chi connectivity index (χ4v) is 3.05. The summed E-state index contributed by atoms with van der Waals surface area (Å²) >= 11 is 0. The monoisotopic (exact) mass is 564 g/mol. The van der Waals surface area contributed by atoms with Gasteiger partial charge in [-0.3, -0.25) is 19.7 Å². The summed E-state index contributed by atoms with van der Waals surface area (Å²) in [7, 11) is 0. The zero-order valence-electron chi connectivity index (χ0n) is 16.7. The summed E-state index contributed by atoms with van der Waals surface area (Å²) in [5, 5.41) is 2.28. The predicted octanol–water partition coefficient (Wildman–Crippen LogP) is 4.99. The van der Waals surface area contributed by atoms with Crippen LogP contribution in [-0.4, -0.2) is 40.3 Å². The maximum Gasteiger partial charge on any atom is 0.176 e. The Morgan fingerprint density at radius 2 is 1.28 bits per heavy atom. The molecule has 0 aliphatic rings. The molecule has 4 aromatic rings. The second-order valence-electron chi connectivity index (χ2n) is 6.47. The van der Waals surface area contributed by atoms with Gasteiger partial charge in [0.05, 0.1) is 17.6 Å². The maximum absolute atomic E-state index is 11.7. The van der Waals surface area contributed by atoms with Crippen LogP contribution in [0.4, 0.5) is 0 Å². The predicted molar refractivity (Wildman–Crippen MR) is 116 cm³/mol. The molecule has 0 spiro atoms. The van der Waals surface area contributed by atoms with Gasteiger partial charge in [0.2, 0.25) is 0 Å². The molecule has 0 atom stereocenters. The first-order valence-corrected chi connectivity index (χ1v) is 9.62. The Morgan fingerprint density at radius 1 is 0.759 bits per heavy atom. The smallest absolute Gasteiger partial charge is 0.176 e. The number of rotatable bonds is 5. The van der Waals surface area contributed by atoms with Gasteiger partial charge in [-0.05, 0) is 25.2 Å². The largest absolute Gasteiger partial charge is 0.296 e. The van der Waals surface area contributed by atoms with E-state index in [0.717, 1.165) is 40.5 Å². The number of carbonyl (C=O) groups is 1. The van der Waals surface area contributed by atoms with Crippen molar-refractivity contribution in [2.24, 2.45) is 0 Å². The zero-order valence-corrected chi connectivity index (χ0v) is 19.1. The number of ketones is 1. The van der Waals surface area contributed by atoms with E-state index in [4.69, 9.17) is 0 Å². The van der Waals surface area contributed by atoms with Crippen LogP contribution in [0.5, 0.6) is 0 Å². The molecule has 0 unspecified atom stereocenters. The summed E-state index contributed by atoms with van der Waals surface area (Å²) in [4.78, 5) is 22.5. The number of benzene rings is 2. The van der Waals surface area contributed by atoms with Gasteiger partial charge in [0.25, 0.3) is 0 Å². The summed E-state index contributed by atoms with van der Waals surface area (Å²) in [6.07, 6.45) is 3.60. The first kappa shape index (κ1) is 22.8. The molecule has 151 valence electrons. The molecule has 2 aromatic carbocycles. The first-order chi connectivity index (χ1) is 13.7. The number of pyridine rings is 2. The van der Waals surface area contributed by atoms with Crippen molar-refractivity contribution in [2.45, 2.75) is 13.8 Å². The molecule has 0 bridgehead atoms. The zero-order chi connectivity index (χ0) is 19.8. The third kappa shape index (κ3) is 6.01. The van der Waals surface area contributed by atoms with Crippen molar-refractivity contribution >= 4 is 27.6 Å². The topological polar surface area (TPSA) is 46.1 Å². The molecular formula is C24H25IrN3O. The van der Waals surface area contributed by atoms with Crippen LogP contribution in [0.3, 0.4) is 0 Å². The second-order valence-corrected chi connectivity index (χ2v) is 6.47. The summed E-state index contributed by atoms with van der Waals surface area (Å²) < 4.78 is 0. The fraction of sp³-hybridized carbons (Fsp3) is 0.208. The molecule has 0 aliphatic heterocycles. The molecule has 29 heavy (non-hydrogen) atoms. The minimum absolute atomic E-state index is 0. The van der Waals surface area contributed by atoms with E-state index in [9.17, 15) is 4.79 Å². The molecule has 2 heterocycles. The minimum Gasteiger partial charge on any atom is -0.296 e. The quantitative estimate of drug-likeness (QED) is 0.254. The Bertz CT molecular complexity index is 995. The molecule has 1 radical (unpaired) electrons. The molecule has 0 N–H and O–H groups in total. The first-order valence-electron chi connectivity index (χ1n) is 9.62. The van der Waals surface area contributed by atoms with Crippen molar-refractivity contribution in [3.05, 3.63) is 84.7 Å². The van der Waals surface area contributed by atoms with Crippen LogP contribution in [0, 0.1) is 0 Å². The van der Waals surface area contributed by atoms with Crippen molar-refractivity contribution in [1.82, 2.24) is 14.9 Å². The van der Waals surface area contributed by atoms with Gasteiger partial charge in [-0.15, -0.1) is 0 Å². The van der Waals surface area contributed by atoms with Crippen molar-refractivity contribution in [3.63, 3.8) is 0 Å². The molecule has 0 fully saturated rings. The van der Waals surface area contributed by atoms with E-state index < -0.39 is 0 Å². The molecule has 0 saturated heterocycles. The Morgan fingerprint density at radius 3 is 1.76 bits per heavy atom. The maximum atomic E-state index is 11.7. The Hall–Kier alpha value is -2.46. The van der Waals surface area contributed by atoms with Gasteiger partial charge in [0.15, 0.2) is 5.78 Å². The van der Waals surface area contributed by atoms with E-state index in [1.165, 1.54) is 0 Å². The molecular weight excluding hydrogens is 539 g/mol. The molecule has 0 amide bonds. The van der Waals surface area contributed by atoms with Gasteiger partial charge in [-0.2, -0.15) is 0 Å². The summed E-state index contributed by atoms with van der Waals surface area (Å²) in [6, 6.07) is 21.6. The Balaban J connectivity index is 0.000000200. The van der Waals surface area contributed by atoms with Gasteiger partial charge in [-0.25, -0.2) is 0 Å². The van der Waals surface area contributed by atoms with Crippen molar-refractivity contribution < 1.29 is 24.9 Å². The van der Waals surface area contributed by atoms with E-state index in [2.05, 4.69) is 53.0 Å². The average molecular weight is 564 g/mol. The molecule has 0 aliphatic carbocycles. The number of fused-ring (bicyclic) bond motifs is 3. The van der Waals surface area contributed by atoms with Crippen LogP contribution in [0.25, 0.3) is 21.8 Å². The van der Waals surface area contributed by atoms with E-state index in [1.807, 2.05) is 42.5 Å². The molecule has 5 heteroatoms. The van der Waals surface area contributed by atoms with Crippen LogP contribution < -0.4 is 0 Å². The number of aromatic nitrogens is 2. The number of nitrogens with zero attached hydrogens (tertiary/aromatic N) is 3. The normalized spacial score (nSPS) is 10.3. The van der Waals surface area contributed by atoms with Gasteiger partial charge in [-0.1, -0.05) is 68.4 Å². The summed E-state index contributed by atoms with van der Waals surface area (Å²) in [5.74, 6) is 0.203. The Kier molecular flexibility index (Phi) is 9.07. The van der Waals surface area contributed by atoms with E-state index >= 15 is 0 Å². The van der Waals surface area contributed by atoms with Crippen LogP contribution in [0.1, 0.15) is 24.2 Å². The fourth-order valence-electron chi connectivity index (χ4n) is 3.05. The molecule has 4 rings (SSSR count). The summed E-state index contributed by atoms with van der Waals surface area (Å²) in [5.41, 5.74) is 2.76. The standard InChI is InChI=1S/C12H8N2.C12H17NO.Ir/c1-3-9-5-6-10-4-2-8-14-12(10)11(9)13-7-1;1-3-13(4-2)10-12(14)11-8-6-5-7-9-11;/h1-8H;5-9H,3-4,10H2,1-2H3;. The third-order valence-electron chi connectivity index (χ3n) is 4.70. The minimum atomic E-state index is 0. The van der Waals surface area contributed by atoms with Gasteiger partial charge < -0.3 is 0 Å². The van der Waals surface area contributed by atoms with Gasteiger partial charge in [0.1, 0.15) is 0 Å². The summed E-state index contributed by atoms with van der Waals surface area (Å²) in [6.45, 7) is 6.52. The average Bonchev–Trinajstić information content (AvgIpc) is 2.78. The van der Waals surface area contributed by atoms with Crippen molar-refractivity contribution in [2.75, 3.05) is 19.6 Å². The van der Waals surface area contributed by atoms with Crippen LogP contribution in [0.15, 0.2) is 79.1 Å². The van der Waals surface area contributed by atoms with Gasteiger partial charge >= 0.3 is 0 Å². The second kappa shape index (κ2) is 11.5. The number of hydrogen-bond acceptors (Lipinski definition) is 4. The van der Waals surface area contributed by atoms with Crippen molar-refractivity contribution in [1.29, 1.82) is 0 Å². The number of hydrogen-bond donors (Lipinski definition) is 0. The van der Waals surface area contributed by atoms with E-state index in [1.54, 1.807) is 12.4 Å². The van der Waals surface area contributed by atoms with E-state index in [0.29, 0.717) is 6.54 Å². The van der Waals surface area contributed by atoms with Gasteiger partial charge in [0, 0.05) is 48.8 Å².